The van der Waals surface area contributed by atoms with Crippen molar-refractivity contribution in [2.75, 3.05) is 19.6 Å². The highest BCUT2D eigenvalue weighted by Gasteiger charge is 2.33. The van der Waals surface area contributed by atoms with Crippen LogP contribution in [0.15, 0.2) is 0 Å². The second kappa shape index (κ2) is 7.78. The molecule has 0 aromatic carbocycles. The summed E-state index contributed by atoms with van der Waals surface area (Å²) in [7, 11) is 0. The van der Waals surface area contributed by atoms with Crippen LogP contribution in [0.5, 0.6) is 0 Å². The molecule has 0 aromatic rings. The summed E-state index contributed by atoms with van der Waals surface area (Å²) in [5, 5.41) is 3.15. The number of morpholine rings is 1. The van der Waals surface area contributed by atoms with Crippen LogP contribution in [0, 0.1) is 5.92 Å². The van der Waals surface area contributed by atoms with E-state index in [0.29, 0.717) is 6.42 Å². The monoisotopic (exact) mass is 310 g/mol. The van der Waals surface area contributed by atoms with Crippen molar-refractivity contribution in [3.8, 4) is 0 Å². The van der Waals surface area contributed by atoms with Crippen LogP contribution >= 0.6 is 0 Å². The highest BCUT2D eigenvalue weighted by atomic mass is 16.5. The lowest BCUT2D eigenvalue weighted by molar-refractivity contribution is -0.123. The molecule has 128 valence electrons. The fourth-order valence-electron chi connectivity index (χ4n) is 3.82. The smallest absolute Gasteiger partial charge is 0.220 e. The van der Waals surface area contributed by atoms with Gasteiger partial charge in [-0.1, -0.05) is 25.7 Å². The molecule has 0 unspecified atom stereocenters. The average molecular weight is 310 g/mol. The first kappa shape index (κ1) is 17.7. The molecule has 22 heavy (non-hydrogen) atoms. The topological polar surface area (TPSA) is 41.6 Å². The van der Waals surface area contributed by atoms with Gasteiger partial charge < -0.3 is 10.1 Å². The van der Waals surface area contributed by atoms with Crippen LogP contribution in [0.25, 0.3) is 0 Å². The summed E-state index contributed by atoms with van der Waals surface area (Å²) < 4.78 is 5.80. The largest absolute Gasteiger partial charge is 0.373 e. The van der Waals surface area contributed by atoms with Gasteiger partial charge in [0.05, 0.1) is 12.2 Å². The van der Waals surface area contributed by atoms with E-state index in [1.807, 2.05) is 0 Å². The third kappa shape index (κ3) is 5.24. The lowest BCUT2D eigenvalue weighted by Gasteiger charge is -2.45. The van der Waals surface area contributed by atoms with Crippen molar-refractivity contribution >= 4 is 5.91 Å². The molecule has 2 fully saturated rings. The van der Waals surface area contributed by atoms with Gasteiger partial charge in [-0.3, -0.25) is 9.69 Å². The number of ether oxygens (including phenoxy) is 1. The molecule has 0 spiro atoms. The van der Waals surface area contributed by atoms with Crippen molar-refractivity contribution in [1.82, 2.24) is 10.2 Å². The maximum Gasteiger partial charge on any atom is 0.220 e. The molecule has 1 heterocycles. The van der Waals surface area contributed by atoms with Crippen molar-refractivity contribution in [2.45, 2.75) is 84.0 Å². The summed E-state index contributed by atoms with van der Waals surface area (Å²) in [4.78, 5) is 14.6. The standard InChI is InChI=1S/C18H34N2O2/c1-14-11-20(12-15(2)22-14)18(3,4)13-19-17(21)10-9-16-7-5-6-8-16/h14-16H,5-13H2,1-4H3,(H,19,21)/t14-,15-/m0/s1. The van der Waals surface area contributed by atoms with E-state index in [4.69, 9.17) is 4.74 Å². The second-order valence-electron chi connectivity index (χ2n) is 7.94. The second-order valence-corrected chi connectivity index (χ2v) is 7.94. The first-order valence-corrected chi connectivity index (χ1v) is 9.04. The summed E-state index contributed by atoms with van der Waals surface area (Å²) >= 11 is 0. The first-order valence-electron chi connectivity index (χ1n) is 9.04. The van der Waals surface area contributed by atoms with Gasteiger partial charge in [-0.25, -0.2) is 0 Å². The third-order valence-electron chi connectivity index (χ3n) is 5.25. The molecular weight excluding hydrogens is 276 g/mol. The van der Waals surface area contributed by atoms with Crippen LogP contribution in [0.4, 0.5) is 0 Å². The van der Waals surface area contributed by atoms with Crippen molar-refractivity contribution in [1.29, 1.82) is 0 Å². The van der Waals surface area contributed by atoms with Crippen LogP contribution in [-0.2, 0) is 9.53 Å². The molecule has 1 amide bonds. The Morgan fingerprint density at radius 1 is 1.18 bits per heavy atom. The summed E-state index contributed by atoms with van der Waals surface area (Å²) in [5.41, 5.74) is -0.0185. The molecule has 4 heteroatoms. The van der Waals surface area contributed by atoms with E-state index in [-0.39, 0.29) is 23.7 Å². The Morgan fingerprint density at radius 3 is 2.36 bits per heavy atom. The van der Waals surface area contributed by atoms with Crippen molar-refractivity contribution in [3.05, 3.63) is 0 Å². The van der Waals surface area contributed by atoms with Gasteiger partial charge in [-0.2, -0.15) is 0 Å². The zero-order valence-electron chi connectivity index (χ0n) is 14.9. The molecule has 1 N–H and O–H groups in total. The van der Waals surface area contributed by atoms with Crippen molar-refractivity contribution in [2.24, 2.45) is 5.92 Å². The number of hydrogen-bond acceptors (Lipinski definition) is 3. The fourth-order valence-corrected chi connectivity index (χ4v) is 3.82. The molecule has 2 rings (SSSR count). The molecule has 1 aliphatic heterocycles. The molecule has 2 atom stereocenters. The Balaban J connectivity index is 1.72. The number of carbonyl (C=O) groups is 1. The predicted octanol–water partition coefficient (Wildman–Crippen LogP) is 2.96. The highest BCUT2D eigenvalue weighted by Crippen LogP contribution is 2.28. The lowest BCUT2D eigenvalue weighted by atomic mass is 9.99. The Labute approximate surface area is 136 Å². The predicted molar refractivity (Wildman–Crippen MR) is 89.9 cm³/mol. The van der Waals surface area contributed by atoms with Crippen LogP contribution < -0.4 is 5.32 Å². The van der Waals surface area contributed by atoms with Gasteiger partial charge in [0.15, 0.2) is 0 Å². The molecule has 0 bridgehead atoms. The van der Waals surface area contributed by atoms with Crippen LogP contribution in [0.2, 0.25) is 0 Å². The number of hydrogen-bond donors (Lipinski definition) is 1. The quantitative estimate of drug-likeness (QED) is 0.820. The number of amides is 1. The molecule has 1 saturated carbocycles. The lowest BCUT2D eigenvalue weighted by Crippen LogP contribution is -2.58. The van der Waals surface area contributed by atoms with Crippen LogP contribution in [0.1, 0.15) is 66.2 Å². The normalized spacial score (nSPS) is 28.0. The zero-order chi connectivity index (χ0) is 16.2. The number of rotatable bonds is 6. The Bertz CT molecular complexity index is 354. The van der Waals surface area contributed by atoms with Gasteiger partial charge in [0.2, 0.25) is 5.91 Å². The minimum Gasteiger partial charge on any atom is -0.373 e. The molecule has 4 nitrogen and oxygen atoms in total. The Morgan fingerprint density at radius 2 is 1.77 bits per heavy atom. The van der Waals surface area contributed by atoms with Gasteiger partial charge in [0.1, 0.15) is 0 Å². The summed E-state index contributed by atoms with van der Waals surface area (Å²) in [6.07, 6.45) is 7.64. The Hall–Kier alpha value is -0.610. The minimum absolute atomic E-state index is 0.0185. The first-order chi connectivity index (χ1) is 10.4. The zero-order valence-corrected chi connectivity index (χ0v) is 14.9. The van der Waals surface area contributed by atoms with E-state index in [0.717, 1.165) is 32.0 Å². The fraction of sp³-hybridized carbons (Fsp3) is 0.944. The molecular formula is C18H34N2O2. The molecule has 1 saturated heterocycles. The number of carbonyl (C=O) groups excluding carboxylic acids is 1. The average Bonchev–Trinajstić information content (AvgIpc) is 2.95. The van der Waals surface area contributed by atoms with Gasteiger partial charge >= 0.3 is 0 Å². The van der Waals surface area contributed by atoms with E-state index < -0.39 is 0 Å². The molecule has 2 aliphatic rings. The van der Waals surface area contributed by atoms with Crippen LogP contribution in [-0.4, -0.2) is 48.2 Å². The summed E-state index contributed by atoms with van der Waals surface area (Å²) in [5.74, 6) is 1.01. The SMILES string of the molecule is C[C@H]1CN(C(C)(C)CNC(=O)CCC2CCCC2)C[C@H](C)O1. The van der Waals surface area contributed by atoms with E-state index in [9.17, 15) is 4.79 Å². The number of nitrogens with zero attached hydrogens (tertiary/aromatic N) is 1. The van der Waals surface area contributed by atoms with E-state index >= 15 is 0 Å². The Kier molecular flexibility index (Phi) is 6.27. The van der Waals surface area contributed by atoms with Crippen molar-refractivity contribution in [3.63, 3.8) is 0 Å². The number of nitrogens with one attached hydrogen (secondary N) is 1. The van der Waals surface area contributed by atoms with Gasteiger partial charge in [-0.05, 0) is 40.0 Å². The summed E-state index contributed by atoms with van der Waals surface area (Å²) in [6.45, 7) is 11.3. The molecule has 0 radical (unpaired) electrons. The molecule has 0 aromatic heterocycles. The van der Waals surface area contributed by atoms with Crippen LogP contribution in [0.3, 0.4) is 0 Å². The van der Waals surface area contributed by atoms with E-state index in [2.05, 4.69) is 37.9 Å². The highest BCUT2D eigenvalue weighted by molar-refractivity contribution is 5.75. The van der Waals surface area contributed by atoms with Gasteiger partial charge in [0, 0.05) is 31.6 Å². The van der Waals surface area contributed by atoms with Crippen molar-refractivity contribution < 1.29 is 9.53 Å². The maximum absolute atomic E-state index is 12.1. The summed E-state index contributed by atoms with van der Waals surface area (Å²) in [6, 6.07) is 0. The minimum atomic E-state index is -0.0185. The van der Waals surface area contributed by atoms with E-state index in [1.165, 1.54) is 25.7 Å². The third-order valence-corrected chi connectivity index (χ3v) is 5.25. The maximum atomic E-state index is 12.1. The molecule has 1 aliphatic carbocycles. The van der Waals surface area contributed by atoms with Gasteiger partial charge in [-0.15, -0.1) is 0 Å². The van der Waals surface area contributed by atoms with Gasteiger partial charge in [0.25, 0.3) is 0 Å². The van der Waals surface area contributed by atoms with E-state index in [1.54, 1.807) is 0 Å².